The number of amides is 1. The van der Waals surface area contributed by atoms with E-state index in [4.69, 9.17) is 0 Å². The Morgan fingerprint density at radius 3 is 1.96 bits per heavy atom. The summed E-state index contributed by atoms with van der Waals surface area (Å²) >= 11 is 0. The molecule has 0 atom stereocenters. The number of rotatable bonds is 13. The lowest BCUT2D eigenvalue weighted by Gasteiger charge is -2.02. The zero-order valence-corrected chi connectivity index (χ0v) is 25.5. The Balaban J connectivity index is 1.95. The molecule has 3 aromatic heterocycles. The molecule has 0 unspecified atom stereocenters. The second-order valence-corrected chi connectivity index (χ2v) is 10.8. The lowest BCUT2D eigenvalue weighted by Crippen LogP contribution is -2.15. The maximum absolute atomic E-state index is 13.8. The van der Waals surface area contributed by atoms with E-state index >= 15 is 0 Å². The van der Waals surface area contributed by atoms with E-state index in [0.717, 1.165) is 5.56 Å². The van der Waals surface area contributed by atoms with Crippen LogP contribution < -0.4 is 10.7 Å². The summed E-state index contributed by atoms with van der Waals surface area (Å²) < 4.78 is 0. The van der Waals surface area contributed by atoms with Crippen LogP contribution in [-0.2, 0) is 27.2 Å². The number of hydrogen-bond donors (Lipinski definition) is 5. The molecule has 3 aromatic rings. The van der Waals surface area contributed by atoms with Gasteiger partial charge in [-0.25, -0.2) is 4.99 Å². The van der Waals surface area contributed by atoms with Gasteiger partial charge in [0.15, 0.2) is 6.29 Å². The first kappa shape index (κ1) is 32.3. The number of hydrogen-bond acceptors (Lipinski definition) is 5. The molecule has 0 saturated carbocycles. The molecule has 5 N–H and O–H groups in total. The average molecular weight is 611 g/mol. The van der Waals surface area contributed by atoms with Crippen LogP contribution in [0.25, 0.3) is 18.2 Å². The third kappa shape index (κ3) is 6.23. The van der Waals surface area contributed by atoms with Crippen molar-refractivity contribution in [2.75, 3.05) is 0 Å². The highest BCUT2D eigenvalue weighted by molar-refractivity contribution is 6.31. The normalized spacial score (nSPS) is 13.9. The second-order valence-electron chi connectivity index (χ2n) is 10.8. The molecule has 0 bridgehead atoms. The lowest BCUT2D eigenvalue weighted by atomic mass is 10.00. The molecule has 1 amide bonds. The molecule has 1 aliphatic rings. The number of aliphatic carboxylic acids is 2. The van der Waals surface area contributed by atoms with Gasteiger partial charge in [0, 0.05) is 40.4 Å². The number of aromatic nitrogens is 3. The summed E-state index contributed by atoms with van der Waals surface area (Å²) in [5, 5.41) is 20.0. The van der Waals surface area contributed by atoms with E-state index in [-0.39, 0.29) is 42.8 Å². The number of allylic oxidation sites excluding steroid dienone is 1. The zero-order valence-electron chi connectivity index (χ0n) is 25.5. The van der Waals surface area contributed by atoms with E-state index in [1.807, 2.05) is 6.92 Å². The number of aliphatic imine (C=N–C) groups is 1. The first-order valence-electron chi connectivity index (χ1n) is 14.2. The fourth-order valence-electron chi connectivity index (χ4n) is 5.58. The summed E-state index contributed by atoms with van der Waals surface area (Å²) in [5.74, 6) is -2.81. The Hall–Kier alpha value is -5.58. The van der Waals surface area contributed by atoms with E-state index in [1.54, 1.807) is 32.9 Å². The first-order valence-corrected chi connectivity index (χ1v) is 14.2. The van der Waals surface area contributed by atoms with Gasteiger partial charge in [0.2, 0.25) is 5.78 Å². The Morgan fingerprint density at radius 2 is 1.40 bits per heavy atom. The van der Waals surface area contributed by atoms with E-state index in [1.165, 1.54) is 12.2 Å². The van der Waals surface area contributed by atoms with E-state index in [0.29, 0.717) is 67.4 Å². The van der Waals surface area contributed by atoms with Crippen LogP contribution in [0.2, 0.25) is 0 Å². The quantitative estimate of drug-likeness (QED) is 0.145. The highest BCUT2D eigenvalue weighted by Crippen LogP contribution is 2.27. The predicted molar refractivity (Wildman–Crippen MR) is 170 cm³/mol. The number of carbonyl (C=O) groups excluding carboxylic acids is 3. The molecule has 4 heterocycles. The van der Waals surface area contributed by atoms with Crippen LogP contribution in [-0.4, -0.2) is 60.8 Å². The van der Waals surface area contributed by atoms with Crippen LogP contribution in [0, 0.1) is 20.8 Å². The maximum Gasteiger partial charge on any atom is 0.303 e. The van der Waals surface area contributed by atoms with Crippen LogP contribution >= 0.6 is 0 Å². The highest BCUT2D eigenvalue weighted by Gasteiger charge is 2.25. The number of carboxylic acids is 2. The van der Waals surface area contributed by atoms with Crippen molar-refractivity contribution in [2.45, 2.75) is 53.4 Å². The third-order valence-electron chi connectivity index (χ3n) is 8.17. The monoisotopic (exact) mass is 610 g/mol. The molecule has 0 aliphatic carbocycles. The van der Waals surface area contributed by atoms with Gasteiger partial charge in [-0.15, -0.1) is 0 Å². The lowest BCUT2D eigenvalue weighted by molar-refractivity contribution is -0.138. The molecule has 45 heavy (non-hydrogen) atoms. The molecule has 11 nitrogen and oxygen atoms in total. The SMILES string of the molecule is C=CC1=C(C)C(/C=c2/[nH]/c(=C\c3[nH]c(C(=O)c4[nH]c(C=O)c(C)c4C=C)c(C)c3CCC(=O)O)c(CCC(=O)O)c2C)=NC1=O. The van der Waals surface area contributed by atoms with Gasteiger partial charge in [0.25, 0.3) is 5.91 Å². The van der Waals surface area contributed by atoms with E-state index in [2.05, 4.69) is 33.1 Å². The topological polar surface area (TPSA) is 186 Å². The molecule has 0 saturated heterocycles. The van der Waals surface area contributed by atoms with Gasteiger partial charge in [0.05, 0.1) is 22.8 Å². The molecular formula is C34H34N4O7. The summed E-state index contributed by atoms with van der Waals surface area (Å²) in [6, 6.07) is 0. The second kappa shape index (κ2) is 13.0. The summed E-state index contributed by atoms with van der Waals surface area (Å²) in [4.78, 5) is 74.2. The number of aldehydes is 1. The van der Waals surface area contributed by atoms with Gasteiger partial charge >= 0.3 is 11.9 Å². The molecule has 0 fully saturated rings. The van der Waals surface area contributed by atoms with Crippen molar-refractivity contribution in [3.8, 4) is 0 Å². The maximum atomic E-state index is 13.8. The number of nitrogens with zero attached hydrogens (tertiary/aromatic N) is 1. The number of carboxylic acid groups (broad SMARTS) is 2. The van der Waals surface area contributed by atoms with Crippen LogP contribution in [0.4, 0.5) is 0 Å². The number of nitrogens with one attached hydrogen (secondary N) is 3. The largest absolute Gasteiger partial charge is 0.481 e. The van der Waals surface area contributed by atoms with Gasteiger partial charge < -0.3 is 25.2 Å². The minimum atomic E-state index is -1.01. The third-order valence-corrected chi connectivity index (χ3v) is 8.17. The van der Waals surface area contributed by atoms with Gasteiger partial charge in [-0.3, -0.25) is 24.0 Å². The minimum Gasteiger partial charge on any atom is -0.481 e. The van der Waals surface area contributed by atoms with Crippen molar-refractivity contribution in [3.63, 3.8) is 0 Å². The van der Waals surface area contributed by atoms with Crippen molar-refractivity contribution in [1.29, 1.82) is 0 Å². The van der Waals surface area contributed by atoms with Gasteiger partial charge in [-0.2, -0.15) is 0 Å². The summed E-state index contributed by atoms with van der Waals surface area (Å²) in [7, 11) is 0. The molecule has 4 rings (SSSR count). The molecule has 0 aromatic carbocycles. The van der Waals surface area contributed by atoms with Crippen molar-refractivity contribution in [3.05, 3.63) is 97.2 Å². The molecule has 0 spiro atoms. The number of ketones is 1. The van der Waals surface area contributed by atoms with Gasteiger partial charge in [0.1, 0.15) is 0 Å². The van der Waals surface area contributed by atoms with Gasteiger partial charge in [-0.05, 0) is 86.1 Å². The van der Waals surface area contributed by atoms with Crippen LogP contribution in [0.3, 0.4) is 0 Å². The summed E-state index contributed by atoms with van der Waals surface area (Å²) in [5.41, 5.74) is 6.30. The Morgan fingerprint density at radius 1 is 0.778 bits per heavy atom. The van der Waals surface area contributed by atoms with Crippen LogP contribution in [0.5, 0.6) is 0 Å². The Kier molecular flexibility index (Phi) is 9.32. The standard InChI is InChI=1S/C34H34N4O7/c1-7-20-16(3)28(15-39)37-32(20)33(44)31-19(6)23(10-12-30(42)43)27(36-31)14-26-22(9-11-29(40)41)18(5)24(35-26)13-25-17(4)21(8-2)34(45)38-25/h7-8,13-15,35-37H,1-2,9-12H2,3-6H3,(H,40,41)(H,42,43)/b24-13+,26-14-. The van der Waals surface area contributed by atoms with Crippen molar-refractivity contribution >= 4 is 53.9 Å². The Bertz CT molecular complexity index is 1990. The summed E-state index contributed by atoms with van der Waals surface area (Å²) in [6.45, 7) is 14.5. The first-order chi connectivity index (χ1) is 21.3. The highest BCUT2D eigenvalue weighted by atomic mass is 16.4. The van der Waals surface area contributed by atoms with Gasteiger partial charge in [-0.1, -0.05) is 25.3 Å². The fourth-order valence-corrected chi connectivity index (χ4v) is 5.58. The molecule has 11 heteroatoms. The van der Waals surface area contributed by atoms with Crippen molar-refractivity contribution in [2.24, 2.45) is 4.99 Å². The van der Waals surface area contributed by atoms with E-state index in [9.17, 15) is 34.2 Å². The molecular weight excluding hydrogens is 576 g/mol. The van der Waals surface area contributed by atoms with E-state index < -0.39 is 23.6 Å². The van der Waals surface area contributed by atoms with Crippen molar-refractivity contribution < 1.29 is 34.2 Å². The molecule has 0 radical (unpaired) electrons. The zero-order chi connectivity index (χ0) is 33.2. The molecule has 1 aliphatic heterocycles. The summed E-state index contributed by atoms with van der Waals surface area (Å²) in [6.07, 6.45) is 6.99. The van der Waals surface area contributed by atoms with Crippen LogP contribution in [0.15, 0.2) is 35.4 Å². The minimum absolute atomic E-state index is 0.116. The Labute approximate surface area is 258 Å². The smallest absolute Gasteiger partial charge is 0.303 e. The fraction of sp³-hybridized carbons (Fsp3) is 0.235. The molecule has 232 valence electrons. The van der Waals surface area contributed by atoms with Crippen LogP contribution in [0.1, 0.15) is 85.5 Å². The number of H-pyrrole nitrogens is 3. The van der Waals surface area contributed by atoms with Crippen molar-refractivity contribution in [1.82, 2.24) is 15.0 Å². The average Bonchev–Trinajstić information content (AvgIpc) is 3.66. The number of aromatic amines is 3. The predicted octanol–water partition coefficient (Wildman–Crippen LogP) is 3.41. The number of carbonyl (C=O) groups is 5.